The number of hydrogen-bond donors (Lipinski definition) is 1. The SMILES string of the molecule is O=C(Cc1ccc(F)cc1)Nc1ccc2c(c1)C(=O)C(=O)N2Cc1ccc(Cl)c(Cl)c1. The predicted octanol–water partition coefficient (Wildman–Crippen LogP) is 5.04. The van der Waals surface area contributed by atoms with Crippen LogP contribution >= 0.6 is 23.2 Å². The number of benzene rings is 3. The molecule has 31 heavy (non-hydrogen) atoms. The van der Waals surface area contributed by atoms with Gasteiger partial charge in [0.2, 0.25) is 5.91 Å². The lowest BCUT2D eigenvalue weighted by Gasteiger charge is -2.17. The summed E-state index contributed by atoms with van der Waals surface area (Å²) in [6.45, 7) is 0.157. The number of amides is 2. The molecular weight excluding hydrogens is 442 g/mol. The van der Waals surface area contributed by atoms with Crippen molar-refractivity contribution in [3.05, 3.63) is 93.2 Å². The van der Waals surface area contributed by atoms with Crippen LogP contribution in [0.5, 0.6) is 0 Å². The quantitative estimate of drug-likeness (QED) is 0.546. The van der Waals surface area contributed by atoms with Gasteiger partial charge in [-0.05, 0) is 53.6 Å². The van der Waals surface area contributed by atoms with Crippen LogP contribution in [0.3, 0.4) is 0 Å². The number of nitrogens with one attached hydrogen (secondary N) is 1. The fraction of sp³-hybridized carbons (Fsp3) is 0.0870. The molecule has 0 radical (unpaired) electrons. The van der Waals surface area contributed by atoms with E-state index in [1.807, 2.05) is 0 Å². The molecule has 0 bridgehead atoms. The predicted molar refractivity (Wildman–Crippen MR) is 117 cm³/mol. The second kappa shape index (κ2) is 8.49. The Morgan fingerprint density at radius 1 is 0.903 bits per heavy atom. The number of anilines is 2. The van der Waals surface area contributed by atoms with Crippen molar-refractivity contribution in [1.29, 1.82) is 0 Å². The molecule has 4 rings (SSSR count). The molecule has 0 aromatic heterocycles. The highest BCUT2D eigenvalue weighted by atomic mass is 35.5. The first kappa shape index (κ1) is 21.0. The highest BCUT2D eigenvalue weighted by Gasteiger charge is 2.36. The maximum absolute atomic E-state index is 13.0. The number of hydrogen-bond acceptors (Lipinski definition) is 3. The summed E-state index contributed by atoms with van der Waals surface area (Å²) in [7, 11) is 0. The lowest BCUT2D eigenvalue weighted by molar-refractivity contribution is -0.115. The molecule has 1 N–H and O–H groups in total. The van der Waals surface area contributed by atoms with Crippen LogP contribution in [0.2, 0.25) is 10.0 Å². The molecule has 1 heterocycles. The van der Waals surface area contributed by atoms with Crippen molar-refractivity contribution in [1.82, 2.24) is 0 Å². The van der Waals surface area contributed by atoms with Crippen LogP contribution in [-0.2, 0) is 22.6 Å². The number of carbonyl (C=O) groups excluding carboxylic acids is 3. The van der Waals surface area contributed by atoms with Gasteiger partial charge in [0, 0.05) is 5.69 Å². The number of rotatable bonds is 5. The molecule has 8 heteroatoms. The highest BCUT2D eigenvalue weighted by Crippen LogP contribution is 2.33. The molecule has 0 spiro atoms. The van der Waals surface area contributed by atoms with Crippen molar-refractivity contribution < 1.29 is 18.8 Å². The van der Waals surface area contributed by atoms with E-state index in [0.717, 1.165) is 5.56 Å². The van der Waals surface area contributed by atoms with Gasteiger partial charge in [-0.1, -0.05) is 41.4 Å². The van der Waals surface area contributed by atoms with E-state index in [4.69, 9.17) is 23.2 Å². The second-order valence-electron chi connectivity index (χ2n) is 7.05. The first-order chi connectivity index (χ1) is 14.8. The van der Waals surface area contributed by atoms with Gasteiger partial charge in [0.05, 0.1) is 34.3 Å². The number of nitrogens with zero attached hydrogens (tertiary/aromatic N) is 1. The zero-order valence-electron chi connectivity index (χ0n) is 16.0. The molecule has 0 saturated heterocycles. The third kappa shape index (κ3) is 4.45. The van der Waals surface area contributed by atoms with Crippen molar-refractivity contribution in [2.24, 2.45) is 0 Å². The Morgan fingerprint density at radius 2 is 1.61 bits per heavy atom. The number of fused-ring (bicyclic) bond motifs is 1. The van der Waals surface area contributed by atoms with Gasteiger partial charge in [-0.15, -0.1) is 0 Å². The Kier molecular flexibility index (Phi) is 5.76. The minimum Gasteiger partial charge on any atom is -0.326 e. The normalized spacial score (nSPS) is 12.8. The molecule has 0 fully saturated rings. The van der Waals surface area contributed by atoms with Gasteiger partial charge in [0.25, 0.3) is 11.7 Å². The minimum atomic E-state index is -0.657. The Bertz CT molecular complexity index is 1210. The van der Waals surface area contributed by atoms with E-state index < -0.39 is 11.7 Å². The summed E-state index contributed by atoms with van der Waals surface area (Å²) in [5.74, 6) is -2.01. The van der Waals surface area contributed by atoms with Crippen molar-refractivity contribution >= 4 is 52.2 Å². The van der Waals surface area contributed by atoms with Gasteiger partial charge >= 0.3 is 0 Å². The van der Waals surface area contributed by atoms with Gasteiger partial charge in [-0.25, -0.2) is 4.39 Å². The van der Waals surface area contributed by atoms with E-state index >= 15 is 0 Å². The van der Waals surface area contributed by atoms with Gasteiger partial charge in [-0.2, -0.15) is 0 Å². The fourth-order valence-electron chi connectivity index (χ4n) is 3.35. The molecule has 0 aliphatic carbocycles. The summed E-state index contributed by atoms with van der Waals surface area (Å²) in [5.41, 5.74) is 2.44. The number of carbonyl (C=O) groups is 3. The van der Waals surface area contributed by atoms with Gasteiger partial charge in [-0.3, -0.25) is 14.4 Å². The minimum absolute atomic E-state index is 0.0493. The summed E-state index contributed by atoms with van der Waals surface area (Å²) >= 11 is 12.0. The van der Waals surface area contributed by atoms with E-state index in [0.29, 0.717) is 27.0 Å². The van der Waals surface area contributed by atoms with Crippen LogP contribution in [0.4, 0.5) is 15.8 Å². The summed E-state index contributed by atoms with van der Waals surface area (Å²) in [6, 6.07) is 15.3. The molecule has 1 aliphatic heterocycles. The van der Waals surface area contributed by atoms with Crippen molar-refractivity contribution in [3.8, 4) is 0 Å². The van der Waals surface area contributed by atoms with Gasteiger partial charge in [0.1, 0.15) is 5.82 Å². The Labute approximate surface area is 187 Å². The molecule has 3 aromatic carbocycles. The third-order valence-electron chi connectivity index (χ3n) is 4.86. The molecule has 5 nitrogen and oxygen atoms in total. The molecule has 0 saturated carbocycles. The Morgan fingerprint density at radius 3 is 2.32 bits per heavy atom. The summed E-state index contributed by atoms with van der Waals surface area (Å²) in [4.78, 5) is 38.7. The fourth-order valence-corrected chi connectivity index (χ4v) is 3.67. The maximum Gasteiger partial charge on any atom is 0.299 e. The molecule has 2 amide bonds. The Hall–Kier alpha value is -3.22. The lowest BCUT2D eigenvalue weighted by atomic mass is 10.1. The first-order valence-electron chi connectivity index (χ1n) is 9.30. The number of Topliss-reactive ketones (excluding diaryl/α,β-unsaturated/α-hetero) is 1. The van der Waals surface area contributed by atoms with E-state index in [2.05, 4.69) is 5.32 Å². The molecule has 0 unspecified atom stereocenters. The maximum atomic E-state index is 13.0. The third-order valence-corrected chi connectivity index (χ3v) is 5.60. The monoisotopic (exact) mass is 456 g/mol. The van der Waals surface area contributed by atoms with Crippen LogP contribution in [0.25, 0.3) is 0 Å². The van der Waals surface area contributed by atoms with E-state index in [1.165, 1.54) is 35.2 Å². The van der Waals surface area contributed by atoms with Crippen molar-refractivity contribution in [2.45, 2.75) is 13.0 Å². The second-order valence-corrected chi connectivity index (χ2v) is 7.87. The average Bonchev–Trinajstić information content (AvgIpc) is 2.97. The summed E-state index contributed by atoms with van der Waals surface area (Å²) in [5, 5.41) is 3.46. The molecule has 0 atom stereocenters. The standard InChI is InChI=1S/C23H15Cl2FN2O3/c24-18-7-3-14(9-19(18)25)12-28-20-8-6-16(11-17(20)22(30)23(28)31)27-21(29)10-13-1-4-15(26)5-2-13/h1-9,11H,10,12H2,(H,27,29). The van der Waals surface area contributed by atoms with Crippen LogP contribution < -0.4 is 10.2 Å². The van der Waals surface area contributed by atoms with Crippen LogP contribution in [0.1, 0.15) is 21.5 Å². The van der Waals surface area contributed by atoms with Crippen LogP contribution in [0.15, 0.2) is 60.7 Å². The van der Waals surface area contributed by atoms with Crippen LogP contribution in [-0.4, -0.2) is 17.6 Å². The highest BCUT2D eigenvalue weighted by molar-refractivity contribution is 6.52. The number of halogens is 3. The van der Waals surface area contributed by atoms with Crippen molar-refractivity contribution in [2.75, 3.05) is 10.2 Å². The van der Waals surface area contributed by atoms with Crippen molar-refractivity contribution in [3.63, 3.8) is 0 Å². The lowest BCUT2D eigenvalue weighted by Crippen LogP contribution is -2.29. The van der Waals surface area contributed by atoms with Gasteiger partial charge < -0.3 is 10.2 Å². The number of ketones is 1. The molecule has 1 aliphatic rings. The smallest absolute Gasteiger partial charge is 0.299 e. The van der Waals surface area contributed by atoms with E-state index in [-0.39, 0.29) is 30.3 Å². The summed E-state index contributed by atoms with van der Waals surface area (Å²) in [6.07, 6.45) is 0.0493. The molecular formula is C23H15Cl2FN2O3. The Balaban J connectivity index is 1.51. The first-order valence-corrected chi connectivity index (χ1v) is 10.1. The van der Waals surface area contributed by atoms with Gasteiger partial charge in [0.15, 0.2) is 0 Å². The zero-order valence-corrected chi connectivity index (χ0v) is 17.5. The molecule has 3 aromatic rings. The van der Waals surface area contributed by atoms with E-state index in [9.17, 15) is 18.8 Å². The average molecular weight is 457 g/mol. The zero-order chi connectivity index (χ0) is 22.1. The van der Waals surface area contributed by atoms with E-state index in [1.54, 1.807) is 30.3 Å². The summed E-state index contributed by atoms with van der Waals surface area (Å²) < 4.78 is 13.0. The largest absolute Gasteiger partial charge is 0.326 e. The van der Waals surface area contributed by atoms with Crippen LogP contribution in [0, 0.1) is 5.82 Å². The molecule has 156 valence electrons. The topological polar surface area (TPSA) is 66.5 Å².